The van der Waals surface area contributed by atoms with Gasteiger partial charge in [0.25, 0.3) is 0 Å². The summed E-state index contributed by atoms with van der Waals surface area (Å²) in [6.45, 7) is 8.90. The van der Waals surface area contributed by atoms with Gasteiger partial charge in [0.05, 0.1) is 17.9 Å². The fourth-order valence-electron chi connectivity index (χ4n) is 0.991. The first-order valence-electron chi connectivity index (χ1n) is 3.88. The van der Waals surface area contributed by atoms with E-state index in [4.69, 9.17) is 5.73 Å². The largest absolute Gasteiger partial charge is 0.325 e. The van der Waals surface area contributed by atoms with E-state index in [-0.39, 0.29) is 0 Å². The van der Waals surface area contributed by atoms with Gasteiger partial charge in [-0.3, -0.25) is 0 Å². The normalized spacial score (nSPS) is 10.2. The first-order chi connectivity index (χ1) is 5.65. The molecule has 0 aromatic carbocycles. The van der Waals surface area contributed by atoms with Gasteiger partial charge in [-0.05, 0) is 13.8 Å². The predicted octanol–water partition coefficient (Wildman–Crippen LogP) is 0.621. The first kappa shape index (κ1) is 8.93. The monoisotopic (exact) mass is 166 g/mol. The van der Waals surface area contributed by atoms with E-state index in [0.717, 1.165) is 23.5 Å². The van der Waals surface area contributed by atoms with Crippen molar-refractivity contribution in [1.29, 1.82) is 0 Å². The van der Waals surface area contributed by atoms with Gasteiger partial charge in [-0.15, -0.1) is 5.10 Å². The number of aromatic nitrogens is 3. The van der Waals surface area contributed by atoms with Gasteiger partial charge < -0.3 is 5.73 Å². The molecule has 0 fully saturated rings. The van der Waals surface area contributed by atoms with Gasteiger partial charge in [0.1, 0.15) is 0 Å². The maximum Gasteiger partial charge on any atom is 0.0991 e. The molecular weight excluding hydrogens is 152 g/mol. The lowest BCUT2D eigenvalue weighted by atomic mass is 10.3. The summed E-state index contributed by atoms with van der Waals surface area (Å²) in [5, 5.41) is 7.89. The van der Waals surface area contributed by atoms with Crippen molar-refractivity contribution in [2.45, 2.75) is 26.9 Å². The molecule has 1 aromatic rings. The van der Waals surface area contributed by atoms with Crippen LogP contribution >= 0.6 is 0 Å². The van der Waals surface area contributed by atoms with E-state index in [0.29, 0.717) is 6.54 Å². The molecule has 12 heavy (non-hydrogen) atoms. The van der Waals surface area contributed by atoms with Crippen LogP contribution in [0.15, 0.2) is 12.2 Å². The Bertz CT molecular complexity index is 287. The molecular formula is C8H14N4. The molecule has 2 N–H and O–H groups in total. The highest BCUT2D eigenvalue weighted by Gasteiger charge is 2.05. The zero-order valence-electron chi connectivity index (χ0n) is 7.54. The topological polar surface area (TPSA) is 56.7 Å². The molecule has 0 spiro atoms. The molecule has 0 aliphatic carbocycles. The zero-order chi connectivity index (χ0) is 9.14. The zero-order valence-corrected chi connectivity index (χ0v) is 7.54. The van der Waals surface area contributed by atoms with Crippen LogP contribution in [0, 0.1) is 6.92 Å². The molecule has 1 heterocycles. The summed E-state index contributed by atoms with van der Waals surface area (Å²) < 4.78 is 1.81. The molecule has 0 aliphatic heterocycles. The van der Waals surface area contributed by atoms with Crippen molar-refractivity contribution in [2.24, 2.45) is 5.73 Å². The minimum Gasteiger partial charge on any atom is -0.325 e. The van der Waals surface area contributed by atoms with Gasteiger partial charge in [-0.25, -0.2) is 4.68 Å². The Morgan fingerprint density at radius 3 is 2.75 bits per heavy atom. The molecule has 1 aromatic heterocycles. The minimum atomic E-state index is 0.446. The van der Waals surface area contributed by atoms with Crippen molar-refractivity contribution in [3.63, 3.8) is 0 Å². The summed E-state index contributed by atoms with van der Waals surface area (Å²) in [5.41, 5.74) is 8.40. The number of rotatable bonds is 3. The van der Waals surface area contributed by atoms with Crippen LogP contribution in [0.1, 0.15) is 18.3 Å². The number of hydrogen-bond donors (Lipinski definition) is 1. The highest BCUT2D eigenvalue weighted by Crippen LogP contribution is 2.04. The van der Waals surface area contributed by atoms with Crippen molar-refractivity contribution in [3.05, 3.63) is 23.5 Å². The first-order valence-corrected chi connectivity index (χ1v) is 3.88. The van der Waals surface area contributed by atoms with E-state index in [1.165, 1.54) is 0 Å². The summed E-state index contributed by atoms with van der Waals surface area (Å²) in [6, 6.07) is 0. The van der Waals surface area contributed by atoms with Crippen LogP contribution < -0.4 is 5.73 Å². The molecule has 0 aliphatic rings. The van der Waals surface area contributed by atoms with Crippen molar-refractivity contribution in [1.82, 2.24) is 15.0 Å². The third-order valence-corrected chi connectivity index (χ3v) is 1.69. The van der Waals surface area contributed by atoms with Gasteiger partial charge in [-0.1, -0.05) is 17.4 Å². The summed E-state index contributed by atoms with van der Waals surface area (Å²) in [6.07, 6.45) is 0. The van der Waals surface area contributed by atoms with Crippen molar-refractivity contribution >= 4 is 0 Å². The average Bonchev–Trinajstić information content (AvgIpc) is 2.32. The summed E-state index contributed by atoms with van der Waals surface area (Å²) in [5.74, 6) is 0. The third kappa shape index (κ3) is 1.71. The molecule has 0 atom stereocenters. The lowest BCUT2D eigenvalue weighted by molar-refractivity contribution is 0.627. The molecule has 1 rings (SSSR count). The van der Waals surface area contributed by atoms with E-state index in [9.17, 15) is 0 Å². The van der Waals surface area contributed by atoms with Crippen LogP contribution in [0.5, 0.6) is 0 Å². The molecule has 66 valence electrons. The maximum atomic E-state index is 5.46. The lowest BCUT2D eigenvalue weighted by Gasteiger charge is -2.01. The molecule has 0 saturated carbocycles. The van der Waals surface area contributed by atoms with Gasteiger partial charge in [-0.2, -0.15) is 0 Å². The van der Waals surface area contributed by atoms with Gasteiger partial charge >= 0.3 is 0 Å². The SMILES string of the molecule is C=C(C)Cn1nnc(CN)c1C. The van der Waals surface area contributed by atoms with Crippen LogP contribution in [0.2, 0.25) is 0 Å². The van der Waals surface area contributed by atoms with E-state index in [1.807, 2.05) is 18.5 Å². The molecule has 0 unspecified atom stereocenters. The fourth-order valence-corrected chi connectivity index (χ4v) is 0.991. The molecule has 0 radical (unpaired) electrons. The van der Waals surface area contributed by atoms with E-state index >= 15 is 0 Å². The molecule has 0 amide bonds. The summed E-state index contributed by atoms with van der Waals surface area (Å²) in [4.78, 5) is 0. The van der Waals surface area contributed by atoms with Crippen LogP contribution in [0.25, 0.3) is 0 Å². The van der Waals surface area contributed by atoms with E-state index in [2.05, 4.69) is 16.9 Å². The van der Waals surface area contributed by atoms with Gasteiger partial charge in [0.2, 0.25) is 0 Å². The maximum absolute atomic E-state index is 5.46. The lowest BCUT2D eigenvalue weighted by Crippen LogP contribution is -2.04. The Kier molecular flexibility index (Phi) is 2.60. The number of nitrogens with zero attached hydrogens (tertiary/aromatic N) is 3. The second kappa shape index (κ2) is 3.49. The second-order valence-corrected chi connectivity index (χ2v) is 2.94. The Balaban J connectivity index is 2.87. The predicted molar refractivity (Wildman–Crippen MR) is 47.5 cm³/mol. The Labute approximate surface area is 72.1 Å². The molecule has 0 bridgehead atoms. The number of nitrogens with two attached hydrogens (primary N) is 1. The van der Waals surface area contributed by atoms with Gasteiger partial charge in [0, 0.05) is 6.54 Å². The van der Waals surface area contributed by atoms with E-state index in [1.54, 1.807) is 0 Å². The number of hydrogen-bond acceptors (Lipinski definition) is 3. The average molecular weight is 166 g/mol. The summed E-state index contributed by atoms with van der Waals surface area (Å²) in [7, 11) is 0. The number of allylic oxidation sites excluding steroid dienone is 1. The third-order valence-electron chi connectivity index (χ3n) is 1.69. The fraction of sp³-hybridized carbons (Fsp3) is 0.500. The Morgan fingerprint density at radius 1 is 1.67 bits per heavy atom. The highest BCUT2D eigenvalue weighted by atomic mass is 15.4. The van der Waals surface area contributed by atoms with Crippen LogP contribution in [-0.4, -0.2) is 15.0 Å². The van der Waals surface area contributed by atoms with Crippen LogP contribution in [0.4, 0.5) is 0 Å². The van der Waals surface area contributed by atoms with Crippen molar-refractivity contribution in [3.8, 4) is 0 Å². The second-order valence-electron chi connectivity index (χ2n) is 2.94. The van der Waals surface area contributed by atoms with Crippen molar-refractivity contribution in [2.75, 3.05) is 0 Å². The smallest absolute Gasteiger partial charge is 0.0991 e. The Hall–Kier alpha value is -1.16. The standard InChI is InChI=1S/C8H14N4/c1-6(2)5-12-7(3)8(4-9)10-11-12/h1,4-5,9H2,2-3H3. The van der Waals surface area contributed by atoms with Gasteiger partial charge in [0.15, 0.2) is 0 Å². The quantitative estimate of drug-likeness (QED) is 0.670. The molecule has 0 saturated heterocycles. The summed E-state index contributed by atoms with van der Waals surface area (Å²) >= 11 is 0. The minimum absolute atomic E-state index is 0.446. The van der Waals surface area contributed by atoms with E-state index < -0.39 is 0 Å². The van der Waals surface area contributed by atoms with Crippen molar-refractivity contribution < 1.29 is 0 Å². The molecule has 4 heteroatoms. The molecule has 4 nitrogen and oxygen atoms in total. The highest BCUT2D eigenvalue weighted by molar-refractivity contribution is 5.08. The van der Waals surface area contributed by atoms with Crippen LogP contribution in [-0.2, 0) is 13.1 Å². The Morgan fingerprint density at radius 2 is 2.33 bits per heavy atom. The van der Waals surface area contributed by atoms with Crippen LogP contribution in [0.3, 0.4) is 0 Å².